The van der Waals surface area contributed by atoms with E-state index in [9.17, 15) is 9.59 Å². The van der Waals surface area contributed by atoms with Gasteiger partial charge in [-0.25, -0.2) is 4.68 Å². The van der Waals surface area contributed by atoms with Crippen LogP contribution in [-0.4, -0.2) is 57.2 Å². The number of carbonyl (C=O) groups excluding carboxylic acids is 1. The zero-order valence-electron chi connectivity index (χ0n) is 16.1. The predicted molar refractivity (Wildman–Crippen MR) is 103 cm³/mol. The largest absolute Gasteiger partial charge is 0.338 e. The Morgan fingerprint density at radius 1 is 0.963 bits per heavy atom. The van der Waals surface area contributed by atoms with Gasteiger partial charge in [0.25, 0.3) is 5.56 Å². The van der Waals surface area contributed by atoms with Crippen LogP contribution in [0.15, 0.2) is 10.9 Å². The van der Waals surface area contributed by atoms with E-state index in [0.717, 1.165) is 69.5 Å². The molecule has 3 heterocycles. The first-order valence-electron chi connectivity index (χ1n) is 10.8. The van der Waals surface area contributed by atoms with E-state index in [1.807, 2.05) is 6.07 Å². The van der Waals surface area contributed by atoms with Crippen LogP contribution >= 0.6 is 0 Å². The monoisotopic (exact) mass is 370 g/mol. The number of likely N-dealkylation sites (tertiary alicyclic amines) is 2. The van der Waals surface area contributed by atoms with Crippen LogP contribution in [0.25, 0.3) is 0 Å². The molecule has 2 aliphatic carbocycles. The number of aromatic nitrogens is 2. The molecule has 6 heteroatoms. The third-order valence-corrected chi connectivity index (χ3v) is 6.99. The first-order chi connectivity index (χ1) is 13.2. The molecule has 0 aromatic carbocycles. The highest BCUT2D eigenvalue weighted by Gasteiger charge is 2.43. The third-order valence-electron chi connectivity index (χ3n) is 6.99. The van der Waals surface area contributed by atoms with Crippen molar-refractivity contribution in [1.29, 1.82) is 0 Å². The molecule has 6 nitrogen and oxygen atoms in total. The molecule has 0 bridgehead atoms. The van der Waals surface area contributed by atoms with E-state index in [-0.39, 0.29) is 11.6 Å². The van der Waals surface area contributed by atoms with E-state index >= 15 is 0 Å². The SMILES string of the molecule is O=C1C(N2CCC(Cn3nc4c(cc3=O)CCCC4)CC2)CCN1C1CC1. The molecule has 146 valence electrons. The minimum Gasteiger partial charge on any atom is -0.338 e. The van der Waals surface area contributed by atoms with Gasteiger partial charge in [-0.3, -0.25) is 14.5 Å². The second-order valence-electron chi connectivity index (χ2n) is 8.89. The molecule has 1 atom stereocenters. The molecule has 4 aliphatic rings. The van der Waals surface area contributed by atoms with Gasteiger partial charge in [0.15, 0.2) is 0 Å². The fourth-order valence-electron chi connectivity index (χ4n) is 5.20. The van der Waals surface area contributed by atoms with Gasteiger partial charge in [0.05, 0.1) is 11.7 Å². The van der Waals surface area contributed by atoms with Gasteiger partial charge in [0.1, 0.15) is 0 Å². The molecule has 1 amide bonds. The van der Waals surface area contributed by atoms with Gasteiger partial charge in [-0.1, -0.05) is 0 Å². The summed E-state index contributed by atoms with van der Waals surface area (Å²) < 4.78 is 1.71. The van der Waals surface area contributed by atoms with E-state index in [4.69, 9.17) is 0 Å². The summed E-state index contributed by atoms with van der Waals surface area (Å²) in [5, 5.41) is 4.68. The molecule has 1 unspecified atom stereocenters. The summed E-state index contributed by atoms with van der Waals surface area (Å²) in [7, 11) is 0. The molecular weight excluding hydrogens is 340 g/mol. The fourth-order valence-corrected chi connectivity index (χ4v) is 5.20. The van der Waals surface area contributed by atoms with Crippen molar-refractivity contribution in [3.05, 3.63) is 27.7 Å². The molecule has 27 heavy (non-hydrogen) atoms. The predicted octanol–water partition coefficient (Wildman–Crippen LogP) is 1.60. The lowest BCUT2D eigenvalue weighted by Gasteiger charge is -2.35. The van der Waals surface area contributed by atoms with Gasteiger partial charge in [0.2, 0.25) is 5.91 Å². The Morgan fingerprint density at radius 2 is 1.74 bits per heavy atom. The lowest BCUT2D eigenvalue weighted by Crippen LogP contribution is -2.46. The first-order valence-corrected chi connectivity index (χ1v) is 10.8. The fraction of sp³-hybridized carbons (Fsp3) is 0.762. The van der Waals surface area contributed by atoms with E-state index in [2.05, 4.69) is 14.9 Å². The maximum atomic E-state index is 12.7. The summed E-state index contributed by atoms with van der Waals surface area (Å²) in [6, 6.07) is 2.47. The Kier molecular flexibility index (Phi) is 4.54. The average Bonchev–Trinajstić information content (AvgIpc) is 3.45. The molecule has 1 saturated carbocycles. The van der Waals surface area contributed by atoms with E-state index in [0.29, 0.717) is 17.9 Å². The van der Waals surface area contributed by atoms with E-state index in [1.54, 1.807) is 4.68 Å². The smallest absolute Gasteiger partial charge is 0.267 e. The summed E-state index contributed by atoms with van der Waals surface area (Å²) >= 11 is 0. The van der Waals surface area contributed by atoms with Gasteiger partial charge in [-0.05, 0) is 82.4 Å². The molecule has 2 saturated heterocycles. The van der Waals surface area contributed by atoms with Crippen molar-refractivity contribution >= 4 is 5.91 Å². The average molecular weight is 370 g/mol. The highest BCUT2D eigenvalue weighted by molar-refractivity contribution is 5.84. The lowest BCUT2D eigenvalue weighted by molar-refractivity contribution is -0.133. The quantitative estimate of drug-likeness (QED) is 0.808. The lowest BCUT2D eigenvalue weighted by atomic mass is 9.95. The molecule has 1 aromatic rings. The standard InChI is InChI=1S/C21H30N4O2/c26-20-13-16-3-1-2-4-18(16)22-25(20)14-15-7-10-23(11-8-15)19-9-12-24(21(19)27)17-5-6-17/h13,15,17,19H,1-12,14H2. The highest BCUT2D eigenvalue weighted by atomic mass is 16.2. The molecule has 0 spiro atoms. The topological polar surface area (TPSA) is 58.4 Å². The van der Waals surface area contributed by atoms with Gasteiger partial charge in [-0.15, -0.1) is 0 Å². The molecular formula is C21H30N4O2. The maximum Gasteiger partial charge on any atom is 0.267 e. The number of amides is 1. The van der Waals surface area contributed by atoms with Crippen LogP contribution in [0.3, 0.4) is 0 Å². The summed E-state index contributed by atoms with van der Waals surface area (Å²) in [6.07, 6.45) is 9.87. The number of fused-ring (bicyclic) bond motifs is 1. The van der Waals surface area contributed by atoms with Crippen LogP contribution in [0.2, 0.25) is 0 Å². The molecule has 0 radical (unpaired) electrons. The summed E-state index contributed by atoms with van der Waals surface area (Å²) in [5.74, 6) is 0.854. The molecule has 5 rings (SSSR count). The van der Waals surface area contributed by atoms with E-state index in [1.165, 1.54) is 25.7 Å². The Balaban J connectivity index is 1.19. The first kappa shape index (κ1) is 17.4. The summed E-state index contributed by atoms with van der Waals surface area (Å²) in [6.45, 7) is 3.62. The molecule has 2 aliphatic heterocycles. The number of rotatable bonds is 4. The normalized spacial score (nSPS) is 27.2. The van der Waals surface area contributed by atoms with Crippen molar-refractivity contribution in [3.63, 3.8) is 0 Å². The van der Waals surface area contributed by atoms with Crippen molar-refractivity contribution < 1.29 is 4.79 Å². The van der Waals surface area contributed by atoms with Gasteiger partial charge in [0, 0.05) is 25.2 Å². The van der Waals surface area contributed by atoms with E-state index < -0.39 is 0 Å². The minimum atomic E-state index is 0.0594. The number of hydrogen-bond acceptors (Lipinski definition) is 4. The minimum absolute atomic E-state index is 0.0594. The third kappa shape index (κ3) is 3.44. The van der Waals surface area contributed by atoms with Crippen molar-refractivity contribution in [2.75, 3.05) is 19.6 Å². The maximum absolute atomic E-state index is 12.7. The van der Waals surface area contributed by atoms with Crippen LogP contribution in [0.4, 0.5) is 0 Å². The number of carbonyl (C=O) groups is 1. The van der Waals surface area contributed by atoms with Crippen molar-refractivity contribution in [1.82, 2.24) is 19.6 Å². The Labute approximate surface area is 160 Å². The van der Waals surface area contributed by atoms with Crippen molar-refractivity contribution in [2.24, 2.45) is 5.92 Å². The van der Waals surface area contributed by atoms with Crippen LogP contribution in [0.1, 0.15) is 56.2 Å². The van der Waals surface area contributed by atoms with Crippen LogP contribution in [-0.2, 0) is 24.2 Å². The second kappa shape index (κ2) is 7.04. The van der Waals surface area contributed by atoms with Crippen molar-refractivity contribution in [3.8, 4) is 0 Å². The zero-order valence-corrected chi connectivity index (χ0v) is 16.1. The number of hydrogen-bond donors (Lipinski definition) is 0. The zero-order chi connectivity index (χ0) is 18.4. The van der Waals surface area contributed by atoms with Crippen LogP contribution in [0.5, 0.6) is 0 Å². The Bertz CT molecular complexity index is 777. The highest BCUT2D eigenvalue weighted by Crippen LogP contribution is 2.33. The summed E-state index contributed by atoms with van der Waals surface area (Å²) in [5.41, 5.74) is 2.36. The molecule has 3 fully saturated rings. The van der Waals surface area contributed by atoms with Crippen LogP contribution < -0.4 is 5.56 Å². The second-order valence-corrected chi connectivity index (χ2v) is 8.89. The Morgan fingerprint density at radius 3 is 2.52 bits per heavy atom. The molecule has 0 N–H and O–H groups in total. The summed E-state index contributed by atoms with van der Waals surface area (Å²) in [4.78, 5) is 29.6. The number of aryl methyl sites for hydroxylation is 2. The van der Waals surface area contributed by atoms with Gasteiger partial charge in [-0.2, -0.15) is 5.10 Å². The number of piperidine rings is 1. The Hall–Kier alpha value is -1.69. The van der Waals surface area contributed by atoms with Gasteiger partial charge < -0.3 is 4.90 Å². The number of nitrogens with zero attached hydrogens (tertiary/aromatic N) is 4. The molecule has 1 aromatic heterocycles. The van der Waals surface area contributed by atoms with Crippen LogP contribution in [0, 0.1) is 5.92 Å². The van der Waals surface area contributed by atoms with Crippen molar-refractivity contribution in [2.45, 2.75) is 76.4 Å². The van der Waals surface area contributed by atoms with Gasteiger partial charge >= 0.3 is 0 Å².